The van der Waals surface area contributed by atoms with Gasteiger partial charge in [-0.25, -0.2) is 0 Å². The van der Waals surface area contributed by atoms with Gasteiger partial charge < -0.3 is 14.6 Å². The van der Waals surface area contributed by atoms with Crippen LogP contribution in [0.25, 0.3) is 22.3 Å². The highest BCUT2D eigenvalue weighted by Crippen LogP contribution is 2.42. The lowest BCUT2D eigenvalue weighted by Gasteiger charge is -2.09. The highest BCUT2D eigenvalue weighted by Gasteiger charge is 2.19. The molecule has 1 aromatic heterocycles. The molecule has 0 unspecified atom stereocenters. The van der Waals surface area contributed by atoms with Crippen LogP contribution in [0.4, 0.5) is 0 Å². The Morgan fingerprint density at radius 1 is 1.10 bits per heavy atom. The molecule has 6 heteroatoms. The number of halogens is 2. The first-order valence-corrected chi connectivity index (χ1v) is 7.10. The highest BCUT2D eigenvalue weighted by molar-refractivity contribution is 9.10. The molecule has 2 aromatic carbocycles. The van der Waals surface area contributed by atoms with Crippen molar-refractivity contribution in [3.05, 3.63) is 56.1 Å². The van der Waals surface area contributed by atoms with Crippen molar-refractivity contribution in [2.75, 3.05) is 0 Å². The largest absolute Gasteiger partial charge is 0.504 e. The standard InChI is InChI=1S/C15H8BrClO4/c16-11-8(5-6-9(18)14(11)20)15-12(17)13(19)7-3-1-2-4-10(7)21-15/h1-6,18,20H. The van der Waals surface area contributed by atoms with Crippen molar-refractivity contribution in [2.24, 2.45) is 0 Å². The number of hydrogen-bond donors (Lipinski definition) is 2. The van der Waals surface area contributed by atoms with Gasteiger partial charge in [0.1, 0.15) is 10.6 Å². The molecule has 0 aliphatic carbocycles. The smallest absolute Gasteiger partial charge is 0.211 e. The molecule has 0 amide bonds. The second-order valence-corrected chi connectivity index (χ2v) is 5.54. The van der Waals surface area contributed by atoms with E-state index < -0.39 is 0 Å². The summed E-state index contributed by atoms with van der Waals surface area (Å²) >= 11 is 9.26. The van der Waals surface area contributed by atoms with E-state index in [1.165, 1.54) is 12.1 Å². The number of phenols is 2. The summed E-state index contributed by atoms with van der Waals surface area (Å²) in [6, 6.07) is 9.54. The molecule has 0 aliphatic rings. The van der Waals surface area contributed by atoms with Gasteiger partial charge >= 0.3 is 0 Å². The van der Waals surface area contributed by atoms with Gasteiger partial charge in [-0.2, -0.15) is 0 Å². The van der Waals surface area contributed by atoms with Crippen LogP contribution in [0.15, 0.2) is 50.1 Å². The SMILES string of the molecule is O=c1c(Cl)c(-c2ccc(O)c(O)c2Br)oc2ccccc12. The molecular weight excluding hydrogens is 360 g/mol. The third-order valence-corrected chi connectivity index (χ3v) is 4.23. The minimum Gasteiger partial charge on any atom is -0.504 e. The van der Waals surface area contributed by atoms with E-state index in [1.807, 2.05) is 0 Å². The number of phenolic OH excluding ortho intramolecular Hbond substituents is 2. The molecule has 2 N–H and O–H groups in total. The number of rotatable bonds is 1. The van der Waals surface area contributed by atoms with Crippen molar-refractivity contribution in [1.29, 1.82) is 0 Å². The highest BCUT2D eigenvalue weighted by atomic mass is 79.9. The van der Waals surface area contributed by atoms with Gasteiger partial charge in [-0.15, -0.1) is 0 Å². The van der Waals surface area contributed by atoms with Gasteiger partial charge in [0.05, 0.1) is 9.86 Å². The Hall–Kier alpha value is -1.98. The molecule has 0 saturated heterocycles. The Kier molecular flexibility index (Phi) is 3.39. The lowest BCUT2D eigenvalue weighted by Crippen LogP contribution is -2.03. The van der Waals surface area contributed by atoms with Crippen LogP contribution in [0, 0.1) is 0 Å². The summed E-state index contributed by atoms with van der Waals surface area (Å²) < 4.78 is 5.88. The fraction of sp³-hybridized carbons (Fsp3) is 0. The van der Waals surface area contributed by atoms with Crippen LogP contribution in [0.2, 0.25) is 5.02 Å². The van der Waals surface area contributed by atoms with Crippen LogP contribution in [-0.4, -0.2) is 10.2 Å². The molecular formula is C15H8BrClO4. The third-order valence-electron chi connectivity index (χ3n) is 3.08. The first-order valence-electron chi connectivity index (χ1n) is 5.93. The summed E-state index contributed by atoms with van der Waals surface area (Å²) in [5, 5.41) is 19.5. The average molecular weight is 368 g/mol. The molecule has 0 fully saturated rings. The maximum atomic E-state index is 12.3. The first-order chi connectivity index (χ1) is 10.0. The van der Waals surface area contributed by atoms with E-state index in [0.717, 1.165) is 0 Å². The Morgan fingerprint density at radius 2 is 1.81 bits per heavy atom. The Bertz CT molecular complexity index is 917. The van der Waals surface area contributed by atoms with Gasteiger partial charge in [0, 0.05) is 5.56 Å². The molecule has 0 aliphatic heterocycles. The van der Waals surface area contributed by atoms with Gasteiger partial charge in [0.2, 0.25) is 5.43 Å². The Morgan fingerprint density at radius 3 is 2.57 bits per heavy atom. The molecule has 0 spiro atoms. The minimum atomic E-state index is -0.354. The number of para-hydroxylation sites is 1. The average Bonchev–Trinajstić information content (AvgIpc) is 2.49. The van der Waals surface area contributed by atoms with Crippen LogP contribution in [0.1, 0.15) is 0 Å². The van der Waals surface area contributed by atoms with Crippen LogP contribution >= 0.6 is 27.5 Å². The summed E-state index contributed by atoms with van der Waals surface area (Å²) in [4.78, 5) is 12.3. The molecule has 1 heterocycles. The summed E-state index contributed by atoms with van der Waals surface area (Å²) in [5.74, 6) is -0.508. The molecule has 21 heavy (non-hydrogen) atoms. The second kappa shape index (κ2) is 5.09. The molecule has 0 bridgehead atoms. The van der Waals surface area contributed by atoms with Gasteiger partial charge in [-0.1, -0.05) is 23.7 Å². The van der Waals surface area contributed by atoms with Crippen molar-refractivity contribution in [1.82, 2.24) is 0 Å². The van der Waals surface area contributed by atoms with Crippen LogP contribution in [0.5, 0.6) is 11.5 Å². The van der Waals surface area contributed by atoms with E-state index in [1.54, 1.807) is 24.3 Å². The lowest BCUT2D eigenvalue weighted by atomic mass is 10.1. The summed E-state index contributed by atoms with van der Waals surface area (Å²) in [6.45, 7) is 0. The van der Waals surface area contributed by atoms with Crippen LogP contribution in [-0.2, 0) is 0 Å². The van der Waals surface area contributed by atoms with E-state index >= 15 is 0 Å². The van der Waals surface area contributed by atoms with Crippen molar-refractivity contribution in [3.8, 4) is 22.8 Å². The van der Waals surface area contributed by atoms with Gasteiger partial charge in [-0.05, 0) is 40.2 Å². The third kappa shape index (κ3) is 2.18. The minimum absolute atomic E-state index is 0.0838. The monoisotopic (exact) mass is 366 g/mol. The zero-order valence-corrected chi connectivity index (χ0v) is 12.8. The van der Waals surface area contributed by atoms with Gasteiger partial charge in [0.15, 0.2) is 17.3 Å². The fourth-order valence-corrected chi connectivity index (χ4v) is 2.78. The van der Waals surface area contributed by atoms with Gasteiger partial charge in [-0.3, -0.25) is 4.79 Å². The predicted octanol–water partition coefficient (Wildman–Crippen LogP) is 4.29. The molecule has 3 rings (SSSR count). The zero-order valence-electron chi connectivity index (χ0n) is 10.4. The topological polar surface area (TPSA) is 70.7 Å². The number of benzene rings is 2. The Balaban J connectivity index is 2.39. The van der Waals surface area contributed by atoms with Crippen LogP contribution < -0.4 is 5.43 Å². The van der Waals surface area contributed by atoms with Crippen LogP contribution in [0.3, 0.4) is 0 Å². The second-order valence-electron chi connectivity index (χ2n) is 4.37. The van der Waals surface area contributed by atoms with Crippen molar-refractivity contribution in [2.45, 2.75) is 0 Å². The molecule has 106 valence electrons. The molecule has 3 aromatic rings. The summed E-state index contributed by atoms with van der Waals surface area (Å²) in [7, 11) is 0. The normalized spacial score (nSPS) is 11.0. The lowest BCUT2D eigenvalue weighted by molar-refractivity contribution is 0.401. The summed E-state index contributed by atoms with van der Waals surface area (Å²) in [5.41, 5.74) is 0.410. The molecule has 0 saturated carbocycles. The number of hydrogen-bond acceptors (Lipinski definition) is 4. The van der Waals surface area contributed by atoms with E-state index in [0.29, 0.717) is 16.5 Å². The number of aromatic hydroxyl groups is 2. The van der Waals surface area contributed by atoms with E-state index in [4.69, 9.17) is 16.0 Å². The van der Waals surface area contributed by atoms with Crippen molar-refractivity contribution in [3.63, 3.8) is 0 Å². The molecule has 0 radical (unpaired) electrons. The predicted molar refractivity (Wildman–Crippen MR) is 84.0 cm³/mol. The zero-order chi connectivity index (χ0) is 15.1. The summed E-state index contributed by atoms with van der Waals surface area (Å²) in [6.07, 6.45) is 0. The molecule has 0 atom stereocenters. The van der Waals surface area contributed by atoms with Crippen molar-refractivity contribution < 1.29 is 14.6 Å². The first kappa shape index (κ1) is 14.0. The van der Waals surface area contributed by atoms with Gasteiger partial charge in [0.25, 0.3) is 0 Å². The number of fused-ring (bicyclic) bond motifs is 1. The Labute approximate surface area is 132 Å². The maximum absolute atomic E-state index is 12.3. The maximum Gasteiger partial charge on any atom is 0.211 e. The fourth-order valence-electron chi connectivity index (χ4n) is 2.02. The van der Waals surface area contributed by atoms with E-state index in [9.17, 15) is 15.0 Å². The molecule has 4 nitrogen and oxygen atoms in total. The van der Waals surface area contributed by atoms with E-state index in [-0.39, 0.29) is 32.2 Å². The van der Waals surface area contributed by atoms with Crippen molar-refractivity contribution >= 4 is 38.5 Å². The quantitative estimate of drug-likeness (QED) is 0.630. The van der Waals surface area contributed by atoms with E-state index in [2.05, 4.69) is 15.9 Å².